The molecule has 6 aromatic carbocycles. The summed E-state index contributed by atoms with van der Waals surface area (Å²) in [6.07, 6.45) is 4.49. The Balaban J connectivity index is 0.000000194. The predicted octanol–water partition coefficient (Wildman–Crippen LogP) is 11.8. The van der Waals surface area contributed by atoms with Gasteiger partial charge in [-0.05, 0) is 82.6 Å². The minimum atomic E-state index is -0.203. The first kappa shape index (κ1) is 36.4. The SMILES string of the molecule is C[C@@H](NCC=C(c1ccccc1)c1ccccc1)c1ccc(Br)cc1.C[C@@H](NCC=C(c1ccccc1)c1ccccc1)c1ccc(F)cc1. The first-order valence-electron chi connectivity index (χ1n) is 17.1. The molecule has 4 heteroatoms. The summed E-state index contributed by atoms with van der Waals surface area (Å²) < 4.78 is 14.2. The molecule has 0 aliphatic heterocycles. The zero-order chi connectivity index (χ0) is 35.0. The highest BCUT2D eigenvalue weighted by molar-refractivity contribution is 9.10. The van der Waals surface area contributed by atoms with Crippen LogP contribution < -0.4 is 10.6 Å². The summed E-state index contributed by atoms with van der Waals surface area (Å²) in [4.78, 5) is 0. The average Bonchev–Trinajstić information content (AvgIpc) is 3.17. The van der Waals surface area contributed by atoms with Crippen LogP contribution in [-0.4, -0.2) is 13.1 Å². The standard InChI is InChI=1S/C23H22BrN.C23H22FN/c2*1-18(19-12-14-22(24)15-13-19)25-17-16-23(20-8-4-2-5-9-20)21-10-6-3-7-11-21/h2*2-16,18,25H,17H2,1H3/t2*18-/m11/s1. The maximum Gasteiger partial charge on any atom is 0.123 e. The van der Waals surface area contributed by atoms with E-state index < -0.39 is 0 Å². The van der Waals surface area contributed by atoms with Gasteiger partial charge in [-0.2, -0.15) is 0 Å². The van der Waals surface area contributed by atoms with Gasteiger partial charge in [0.25, 0.3) is 0 Å². The molecule has 0 aliphatic rings. The van der Waals surface area contributed by atoms with Crippen molar-refractivity contribution in [2.75, 3.05) is 13.1 Å². The van der Waals surface area contributed by atoms with Crippen LogP contribution in [-0.2, 0) is 0 Å². The van der Waals surface area contributed by atoms with E-state index in [1.165, 1.54) is 51.1 Å². The highest BCUT2D eigenvalue weighted by atomic mass is 79.9. The largest absolute Gasteiger partial charge is 0.307 e. The molecule has 6 aromatic rings. The highest BCUT2D eigenvalue weighted by Gasteiger charge is 2.08. The van der Waals surface area contributed by atoms with Gasteiger partial charge >= 0.3 is 0 Å². The summed E-state index contributed by atoms with van der Waals surface area (Å²) in [5, 5.41) is 7.09. The lowest BCUT2D eigenvalue weighted by Gasteiger charge is -2.14. The lowest BCUT2D eigenvalue weighted by atomic mass is 9.97. The number of halogens is 2. The normalized spacial score (nSPS) is 11.8. The van der Waals surface area contributed by atoms with Gasteiger partial charge in [0.1, 0.15) is 5.82 Å². The Morgan fingerprint density at radius 3 is 1.10 bits per heavy atom. The van der Waals surface area contributed by atoms with Gasteiger partial charge in [0.2, 0.25) is 0 Å². The second-order valence-electron chi connectivity index (χ2n) is 12.1. The van der Waals surface area contributed by atoms with Gasteiger partial charge in [0, 0.05) is 29.6 Å². The van der Waals surface area contributed by atoms with Crippen molar-refractivity contribution in [1.29, 1.82) is 0 Å². The summed E-state index contributed by atoms with van der Waals surface area (Å²) in [7, 11) is 0. The molecule has 0 amide bonds. The van der Waals surface area contributed by atoms with Crippen molar-refractivity contribution in [3.05, 3.63) is 226 Å². The summed E-state index contributed by atoms with van der Waals surface area (Å²) in [5.74, 6) is -0.203. The highest BCUT2D eigenvalue weighted by Crippen LogP contribution is 2.24. The topological polar surface area (TPSA) is 24.1 Å². The van der Waals surface area contributed by atoms with Crippen molar-refractivity contribution in [2.24, 2.45) is 0 Å². The summed E-state index contributed by atoms with van der Waals surface area (Å²) in [6, 6.07) is 57.5. The predicted molar refractivity (Wildman–Crippen MR) is 213 cm³/mol. The van der Waals surface area contributed by atoms with E-state index in [9.17, 15) is 4.39 Å². The van der Waals surface area contributed by atoms with E-state index in [-0.39, 0.29) is 11.9 Å². The first-order valence-corrected chi connectivity index (χ1v) is 17.9. The van der Waals surface area contributed by atoms with Gasteiger partial charge in [-0.1, -0.05) is 174 Å². The van der Waals surface area contributed by atoms with Crippen LogP contribution in [0.1, 0.15) is 59.3 Å². The molecular formula is C46H44BrFN2. The molecule has 0 unspecified atom stereocenters. The van der Waals surface area contributed by atoms with Gasteiger partial charge in [0.05, 0.1) is 0 Å². The molecule has 0 radical (unpaired) electrons. The number of rotatable bonds is 12. The molecule has 0 saturated carbocycles. The van der Waals surface area contributed by atoms with Crippen LogP contribution in [0.3, 0.4) is 0 Å². The van der Waals surface area contributed by atoms with E-state index in [1.807, 2.05) is 24.3 Å². The van der Waals surface area contributed by atoms with Crippen LogP contribution in [0.4, 0.5) is 4.39 Å². The van der Waals surface area contributed by atoms with Gasteiger partial charge < -0.3 is 10.6 Å². The molecule has 50 heavy (non-hydrogen) atoms. The summed E-state index contributed by atoms with van der Waals surface area (Å²) in [5.41, 5.74) is 9.72. The minimum absolute atomic E-state index is 0.157. The van der Waals surface area contributed by atoms with Gasteiger partial charge in [-0.15, -0.1) is 0 Å². The summed E-state index contributed by atoms with van der Waals surface area (Å²) in [6.45, 7) is 5.83. The fourth-order valence-corrected chi connectivity index (χ4v) is 5.95. The van der Waals surface area contributed by atoms with Gasteiger partial charge in [0.15, 0.2) is 0 Å². The fraction of sp³-hybridized carbons (Fsp3) is 0.130. The molecule has 0 aliphatic carbocycles. The zero-order valence-electron chi connectivity index (χ0n) is 28.6. The third kappa shape index (κ3) is 11.1. The van der Waals surface area contributed by atoms with Crippen molar-refractivity contribution in [1.82, 2.24) is 10.6 Å². The lowest BCUT2D eigenvalue weighted by Crippen LogP contribution is -2.18. The number of hydrogen-bond donors (Lipinski definition) is 2. The molecule has 2 atom stereocenters. The van der Waals surface area contributed by atoms with E-state index in [4.69, 9.17) is 0 Å². The molecule has 0 spiro atoms. The quantitative estimate of drug-likeness (QED) is 0.131. The molecule has 0 bridgehead atoms. The van der Waals surface area contributed by atoms with Gasteiger partial charge in [-0.25, -0.2) is 4.39 Å². The van der Waals surface area contributed by atoms with Crippen molar-refractivity contribution in [3.63, 3.8) is 0 Å². The zero-order valence-corrected chi connectivity index (χ0v) is 30.2. The Kier molecular flexibility index (Phi) is 14.1. The number of nitrogens with one attached hydrogen (secondary N) is 2. The Morgan fingerprint density at radius 2 is 0.780 bits per heavy atom. The van der Waals surface area contributed by atoms with E-state index in [0.717, 1.165) is 23.1 Å². The molecule has 0 aromatic heterocycles. The molecule has 2 N–H and O–H groups in total. The second-order valence-corrected chi connectivity index (χ2v) is 13.0. The first-order chi connectivity index (χ1) is 24.5. The Labute approximate surface area is 305 Å². The summed E-state index contributed by atoms with van der Waals surface area (Å²) >= 11 is 3.49. The number of benzene rings is 6. The van der Waals surface area contributed by atoms with Crippen molar-refractivity contribution < 1.29 is 4.39 Å². The molecular weight excluding hydrogens is 679 g/mol. The molecule has 6 rings (SSSR count). The third-order valence-corrected chi connectivity index (χ3v) is 9.07. The van der Waals surface area contributed by atoms with Gasteiger partial charge in [-0.3, -0.25) is 0 Å². The van der Waals surface area contributed by atoms with E-state index in [1.54, 1.807) is 0 Å². The smallest absolute Gasteiger partial charge is 0.123 e. The van der Waals surface area contributed by atoms with Crippen molar-refractivity contribution >= 4 is 27.1 Å². The second kappa shape index (κ2) is 19.4. The minimum Gasteiger partial charge on any atom is -0.307 e. The molecule has 2 nitrogen and oxygen atoms in total. The molecule has 0 heterocycles. The van der Waals surface area contributed by atoms with E-state index >= 15 is 0 Å². The van der Waals surface area contributed by atoms with Crippen LogP contribution in [0.2, 0.25) is 0 Å². The monoisotopic (exact) mass is 722 g/mol. The molecule has 0 fully saturated rings. The Hall–Kier alpha value is -4.87. The van der Waals surface area contributed by atoms with Crippen molar-refractivity contribution in [2.45, 2.75) is 25.9 Å². The molecule has 252 valence electrons. The van der Waals surface area contributed by atoms with E-state index in [0.29, 0.717) is 6.04 Å². The lowest BCUT2D eigenvalue weighted by molar-refractivity contribution is 0.606. The maximum atomic E-state index is 13.1. The number of hydrogen-bond acceptors (Lipinski definition) is 2. The van der Waals surface area contributed by atoms with Crippen LogP contribution in [0.15, 0.2) is 186 Å². The van der Waals surface area contributed by atoms with Crippen molar-refractivity contribution in [3.8, 4) is 0 Å². The Bertz CT molecular complexity index is 1680. The van der Waals surface area contributed by atoms with Crippen LogP contribution in [0, 0.1) is 5.82 Å². The van der Waals surface area contributed by atoms with E-state index in [2.05, 4.69) is 186 Å². The third-order valence-electron chi connectivity index (χ3n) is 8.54. The van der Waals surface area contributed by atoms with Crippen LogP contribution in [0.5, 0.6) is 0 Å². The maximum absolute atomic E-state index is 13.1. The average molecular weight is 724 g/mol. The molecule has 0 saturated heterocycles. The van der Waals surface area contributed by atoms with Crippen LogP contribution in [0.25, 0.3) is 11.1 Å². The van der Waals surface area contributed by atoms with Crippen LogP contribution >= 0.6 is 15.9 Å². The fourth-order valence-electron chi connectivity index (χ4n) is 5.69. The Morgan fingerprint density at radius 1 is 0.480 bits per heavy atom.